The van der Waals surface area contributed by atoms with E-state index in [1.807, 2.05) is 13.8 Å². The standard InChI is InChI=1S/C12H14N2O3/c1-12(2)7-17-11(16)14(12)9-6-4-3-5-8(9)10(13)15/h3-6H,7H2,1-2H3,(H2,13,15). The molecule has 1 aromatic carbocycles. The minimum Gasteiger partial charge on any atom is -0.447 e. The Hall–Kier alpha value is -2.04. The first kappa shape index (κ1) is 11.4. The number of hydrogen-bond acceptors (Lipinski definition) is 3. The van der Waals surface area contributed by atoms with E-state index in [0.717, 1.165) is 0 Å². The molecule has 0 bridgehead atoms. The van der Waals surface area contributed by atoms with Gasteiger partial charge in [-0.15, -0.1) is 0 Å². The molecule has 0 spiro atoms. The fraction of sp³-hybridized carbons (Fsp3) is 0.333. The zero-order chi connectivity index (χ0) is 12.6. The number of amides is 2. The van der Waals surface area contributed by atoms with E-state index in [2.05, 4.69) is 0 Å². The van der Waals surface area contributed by atoms with Crippen LogP contribution in [-0.2, 0) is 4.74 Å². The summed E-state index contributed by atoms with van der Waals surface area (Å²) in [5.74, 6) is -0.559. The minimum atomic E-state index is -0.559. The van der Waals surface area contributed by atoms with Crippen molar-refractivity contribution < 1.29 is 14.3 Å². The smallest absolute Gasteiger partial charge is 0.415 e. The average molecular weight is 234 g/mol. The van der Waals surface area contributed by atoms with E-state index in [4.69, 9.17) is 10.5 Å². The summed E-state index contributed by atoms with van der Waals surface area (Å²) in [6.07, 6.45) is -0.455. The van der Waals surface area contributed by atoms with Crippen LogP contribution < -0.4 is 10.6 Å². The number of carbonyl (C=O) groups excluding carboxylic acids is 2. The average Bonchev–Trinajstić information content (AvgIpc) is 2.53. The van der Waals surface area contributed by atoms with Crippen LogP contribution >= 0.6 is 0 Å². The predicted molar refractivity (Wildman–Crippen MR) is 62.9 cm³/mol. The zero-order valence-electron chi connectivity index (χ0n) is 9.77. The van der Waals surface area contributed by atoms with Gasteiger partial charge in [0.25, 0.3) is 5.91 Å². The van der Waals surface area contributed by atoms with Gasteiger partial charge in [-0.25, -0.2) is 4.79 Å². The van der Waals surface area contributed by atoms with Gasteiger partial charge in [-0.3, -0.25) is 9.69 Å². The van der Waals surface area contributed by atoms with Gasteiger partial charge in [0.1, 0.15) is 6.61 Å². The lowest BCUT2D eigenvalue weighted by Gasteiger charge is -2.28. The van der Waals surface area contributed by atoms with Crippen molar-refractivity contribution in [2.75, 3.05) is 11.5 Å². The highest BCUT2D eigenvalue weighted by molar-refractivity contribution is 6.03. The largest absolute Gasteiger partial charge is 0.447 e. The fourth-order valence-corrected chi connectivity index (χ4v) is 1.92. The first-order valence-corrected chi connectivity index (χ1v) is 5.29. The van der Waals surface area contributed by atoms with Gasteiger partial charge in [0, 0.05) is 0 Å². The number of hydrogen-bond donors (Lipinski definition) is 1. The fourth-order valence-electron chi connectivity index (χ4n) is 1.92. The van der Waals surface area contributed by atoms with Crippen LogP contribution in [0.2, 0.25) is 0 Å². The molecule has 1 aliphatic rings. The molecule has 0 atom stereocenters. The summed E-state index contributed by atoms with van der Waals surface area (Å²) in [6, 6.07) is 6.75. The Balaban J connectivity index is 2.53. The van der Waals surface area contributed by atoms with Crippen LogP contribution in [0.4, 0.5) is 10.5 Å². The van der Waals surface area contributed by atoms with Crippen LogP contribution in [0.15, 0.2) is 24.3 Å². The third-order valence-corrected chi connectivity index (χ3v) is 2.75. The van der Waals surface area contributed by atoms with Crippen molar-refractivity contribution in [3.05, 3.63) is 29.8 Å². The van der Waals surface area contributed by atoms with Crippen LogP contribution in [0, 0.1) is 0 Å². The van der Waals surface area contributed by atoms with Gasteiger partial charge in [0.2, 0.25) is 0 Å². The molecule has 1 aliphatic heterocycles. The van der Waals surface area contributed by atoms with Crippen molar-refractivity contribution in [3.63, 3.8) is 0 Å². The molecule has 1 fully saturated rings. The van der Waals surface area contributed by atoms with Crippen LogP contribution in [0.5, 0.6) is 0 Å². The second kappa shape index (κ2) is 3.76. The molecule has 0 radical (unpaired) electrons. The van der Waals surface area contributed by atoms with Crippen LogP contribution in [-0.4, -0.2) is 24.1 Å². The van der Waals surface area contributed by atoms with E-state index in [1.165, 1.54) is 4.90 Å². The Morgan fingerprint density at radius 2 is 2.06 bits per heavy atom. The van der Waals surface area contributed by atoms with Crippen molar-refractivity contribution in [1.29, 1.82) is 0 Å². The molecule has 1 heterocycles. The molecule has 1 saturated heterocycles. The number of benzene rings is 1. The van der Waals surface area contributed by atoms with E-state index >= 15 is 0 Å². The Bertz CT molecular complexity index is 482. The van der Waals surface area contributed by atoms with Gasteiger partial charge in [0.15, 0.2) is 0 Å². The number of ether oxygens (including phenoxy) is 1. The molecule has 90 valence electrons. The number of nitrogens with zero attached hydrogens (tertiary/aromatic N) is 1. The van der Waals surface area contributed by atoms with Crippen molar-refractivity contribution in [2.45, 2.75) is 19.4 Å². The molecule has 0 aliphatic carbocycles. The molecule has 5 nitrogen and oxygen atoms in total. The molecule has 2 amide bonds. The van der Waals surface area contributed by atoms with Gasteiger partial charge >= 0.3 is 6.09 Å². The highest BCUT2D eigenvalue weighted by atomic mass is 16.6. The van der Waals surface area contributed by atoms with Crippen molar-refractivity contribution in [2.24, 2.45) is 5.73 Å². The molecule has 17 heavy (non-hydrogen) atoms. The number of cyclic esters (lactones) is 1. The first-order chi connectivity index (χ1) is 7.93. The van der Waals surface area contributed by atoms with Crippen molar-refractivity contribution in [3.8, 4) is 0 Å². The van der Waals surface area contributed by atoms with Gasteiger partial charge < -0.3 is 10.5 Å². The number of primary amides is 1. The molecule has 2 rings (SSSR count). The van der Waals surface area contributed by atoms with E-state index in [-0.39, 0.29) is 0 Å². The molecule has 0 aromatic heterocycles. The summed E-state index contributed by atoms with van der Waals surface area (Å²) < 4.78 is 5.00. The van der Waals surface area contributed by atoms with Crippen LogP contribution in [0.3, 0.4) is 0 Å². The molecular weight excluding hydrogens is 220 g/mol. The van der Waals surface area contributed by atoms with E-state index in [0.29, 0.717) is 17.9 Å². The first-order valence-electron chi connectivity index (χ1n) is 5.29. The molecule has 2 N–H and O–H groups in total. The normalized spacial score (nSPS) is 18.0. The highest BCUT2D eigenvalue weighted by Gasteiger charge is 2.42. The Morgan fingerprint density at radius 1 is 1.41 bits per heavy atom. The number of para-hydroxylation sites is 1. The maximum atomic E-state index is 11.7. The summed E-state index contributed by atoms with van der Waals surface area (Å²) in [5, 5.41) is 0. The molecule has 0 saturated carbocycles. The number of anilines is 1. The Kier molecular flexibility index (Phi) is 2.53. The predicted octanol–water partition coefficient (Wildman–Crippen LogP) is 1.52. The molecule has 5 heteroatoms. The summed E-state index contributed by atoms with van der Waals surface area (Å²) in [6.45, 7) is 4.03. The summed E-state index contributed by atoms with van der Waals surface area (Å²) in [7, 11) is 0. The maximum absolute atomic E-state index is 11.7. The van der Waals surface area contributed by atoms with E-state index in [1.54, 1.807) is 24.3 Å². The van der Waals surface area contributed by atoms with Gasteiger partial charge in [-0.05, 0) is 26.0 Å². The third kappa shape index (κ3) is 1.84. The second-order valence-corrected chi connectivity index (χ2v) is 4.58. The molecule has 1 aromatic rings. The highest BCUT2D eigenvalue weighted by Crippen LogP contribution is 2.32. The molecule has 0 unspecified atom stereocenters. The minimum absolute atomic E-state index is 0.291. The number of carbonyl (C=O) groups is 2. The lowest BCUT2D eigenvalue weighted by Crippen LogP contribution is -2.43. The zero-order valence-corrected chi connectivity index (χ0v) is 9.77. The summed E-state index contributed by atoms with van der Waals surface area (Å²) in [4.78, 5) is 24.5. The third-order valence-electron chi connectivity index (χ3n) is 2.75. The Labute approximate surface area is 99.2 Å². The topological polar surface area (TPSA) is 72.6 Å². The summed E-state index contributed by atoms with van der Waals surface area (Å²) in [5.41, 5.74) is 5.63. The van der Waals surface area contributed by atoms with Gasteiger partial charge in [-0.2, -0.15) is 0 Å². The second-order valence-electron chi connectivity index (χ2n) is 4.58. The lowest BCUT2D eigenvalue weighted by atomic mass is 10.0. The summed E-state index contributed by atoms with van der Waals surface area (Å²) >= 11 is 0. The number of rotatable bonds is 2. The Morgan fingerprint density at radius 3 is 2.59 bits per heavy atom. The van der Waals surface area contributed by atoms with Crippen LogP contribution in [0.1, 0.15) is 24.2 Å². The SMILES string of the molecule is CC1(C)COC(=O)N1c1ccccc1C(N)=O. The van der Waals surface area contributed by atoms with Gasteiger partial charge in [-0.1, -0.05) is 12.1 Å². The van der Waals surface area contributed by atoms with Crippen LogP contribution in [0.25, 0.3) is 0 Å². The lowest BCUT2D eigenvalue weighted by molar-refractivity contribution is 0.100. The quantitative estimate of drug-likeness (QED) is 0.843. The van der Waals surface area contributed by atoms with Crippen molar-refractivity contribution >= 4 is 17.7 Å². The maximum Gasteiger partial charge on any atom is 0.415 e. The van der Waals surface area contributed by atoms with E-state index in [9.17, 15) is 9.59 Å². The van der Waals surface area contributed by atoms with Crippen molar-refractivity contribution in [1.82, 2.24) is 0 Å². The van der Waals surface area contributed by atoms with E-state index < -0.39 is 17.5 Å². The van der Waals surface area contributed by atoms with Gasteiger partial charge in [0.05, 0.1) is 16.8 Å². The number of nitrogens with two attached hydrogens (primary N) is 1. The molecular formula is C12H14N2O3. The monoisotopic (exact) mass is 234 g/mol.